The third-order valence-electron chi connectivity index (χ3n) is 2.48. The van der Waals surface area contributed by atoms with Gasteiger partial charge >= 0.3 is 5.97 Å². The van der Waals surface area contributed by atoms with Crippen molar-refractivity contribution in [3.05, 3.63) is 30.1 Å². The van der Waals surface area contributed by atoms with Crippen LogP contribution in [0.4, 0.5) is 10.1 Å². The zero-order valence-corrected chi connectivity index (χ0v) is 10.8. The van der Waals surface area contributed by atoms with Crippen LogP contribution in [0.2, 0.25) is 0 Å². The fraction of sp³-hybridized carbons (Fsp3) is 0.286. The number of halogens is 1. The number of hydrogen-bond donors (Lipinski definition) is 2. The van der Waals surface area contributed by atoms with Crippen LogP contribution < -0.4 is 5.32 Å². The monoisotopic (exact) mass is 278 g/mol. The van der Waals surface area contributed by atoms with E-state index in [-0.39, 0.29) is 31.7 Å². The molecule has 0 aliphatic carbocycles. The molecule has 1 amide bonds. The summed E-state index contributed by atoms with van der Waals surface area (Å²) in [6.07, 6.45) is 5.15. The number of anilines is 1. The van der Waals surface area contributed by atoms with Gasteiger partial charge in [0.15, 0.2) is 0 Å². The molecule has 1 aromatic rings. The van der Waals surface area contributed by atoms with Crippen molar-refractivity contribution in [1.82, 2.24) is 4.90 Å². The summed E-state index contributed by atoms with van der Waals surface area (Å²) in [5.41, 5.74) is 0.0965. The number of amides is 1. The van der Waals surface area contributed by atoms with Crippen molar-refractivity contribution in [3.63, 3.8) is 0 Å². The van der Waals surface area contributed by atoms with Crippen molar-refractivity contribution in [2.24, 2.45) is 0 Å². The highest BCUT2D eigenvalue weighted by Gasteiger charge is 2.11. The van der Waals surface area contributed by atoms with Gasteiger partial charge in [-0.3, -0.25) is 14.5 Å². The largest absolute Gasteiger partial charge is 0.480 e. The molecule has 0 fully saturated rings. The number of nitrogens with zero attached hydrogens (tertiary/aromatic N) is 1. The molecular weight excluding hydrogens is 263 g/mol. The minimum Gasteiger partial charge on any atom is -0.480 e. The van der Waals surface area contributed by atoms with E-state index >= 15 is 0 Å². The van der Waals surface area contributed by atoms with Crippen LogP contribution >= 0.6 is 0 Å². The molecule has 0 unspecified atom stereocenters. The Hall–Kier alpha value is -2.39. The van der Waals surface area contributed by atoms with Crippen LogP contribution in [-0.2, 0) is 9.59 Å². The smallest absolute Gasteiger partial charge is 0.317 e. The standard InChI is InChI=1S/C14H15FN2O3/c1-2-8-17(10-14(19)20)9-7-13(18)16-12-6-4-3-5-11(12)15/h1,3-6H,7-10H2,(H,16,18)(H,19,20). The van der Waals surface area contributed by atoms with E-state index in [2.05, 4.69) is 11.2 Å². The predicted molar refractivity (Wildman–Crippen MR) is 72.6 cm³/mol. The molecule has 0 bridgehead atoms. The Morgan fingerprint density at radius 1 is 1.40 bits per heavy atom. The van der Waals surface area contributed by atoms with E-state index in [4.69, 9.17) is 11.5 Å². The molecule has 0 radical (unpaired) electrons. The summed E-state index contributed by atoms with van der Waals surface area (Å²) in [6.45, 7) is 0.0905. The average molecular weight is 278 g/mol. The van der Waals surface area contributed by atoms with Gasteiger partial charge in [0.25, 0.3) is 0 Å². The number of carboxylic acids is 1. The highest BCUT2D eigenvalue weighted by molar-refractivity contribution is 5.90. The minimum atomic E-state index is -1.02. The number of carboxylic acid groups (broad SMARTS) is 1. The van der Waals surface area contributed by atoms with Crippen LogP contribution in [0, 0.1) is 18.2 Å². The summed E-state index contributed by atoms with van der Waals surface area (Å²) in [7, 11) is 0. The molecule has 20 heavy (non-hydrogen) atoms. The SMILES string of the molecule is C#CCN(CCC(=O)Nc1ccccc1F)CC(=O)O. The maximum atomic E-state index is 13.3. The summed E-state index contributed by atoms with van der Waals surface area (Å²) >= 11 is 0. The molecule has 0 aliphatic heterocycles. The summed E-state index contributed by atoms with van der Waals surface area (Å²) in [5.74, 6) is 0.386. The van der Waals surface area contributed by atoms with E-state index < -0.39 is 17.7 Å². The Morgan fingerprint density at radius 2 is 2.10 bits per heavy atom. The number of carbonyl (C=O) groups is 2. The van der Waals surface area contributed by atoms with E-state index in [0.29, 0.717) is 0 Å². The second-order valence-corrected chi connectivity index (χ2v) is 4.09. The molecule has 6 heteroatoms. The third kappa shape index (κ3) is 5.50. The lowest BCUT2D eigenvalue weighted by Gasteiger charge is -2.16. The first-order chi connectivity index (χ1) is 9.52. The van der Waals surface area contributed by atoms with Crippen molar-refractivity contribution in [1.29, 1.82) is 0 Å². The fourth-order valence-electron chi connectivity index (χ4n) is 1.57. The van der Waals surface area contributed by atoms with E-state index in [9.17, 15) is 14.0 Å². The third-order valence-corrected chi connectivity index (χ3v) is 2.48. The summed E-state index contributed by atoms with van der Waals surface area (Å²) in [6, 6.07) is 5.81. The Kier molecular flexibility index (Phi) is 6.20. The van der Waals surface area contributed by atoms with Crippen LogP contribution in [0.3, 0.4) is 0 Å². The van der Waals surface area contributed by atoms with Crippen LogP contribution in [0.25, 0.3) is 0 Å². The van der Waals surface area contributed by atoms with Gasteiger partial charge in [-0.2, -0.15) is 0 Å². The number of hydrogen-bond acceptors (Lipinski definition) is 3. The fourth-order valence-corrected chi connectivity index (χ4v) is 1.57. The van der Waals surface area contributed by atoms with Crippen LogP contribution in [0.1, 0.15) is 6.42 Å². The number of carbonyl (C=O) groups excluding carboxylic acids is 1. The lowest BCUT2D eigenvalue weighted by molar-refractivity contribution is -0.138. The molecule has 0 atom stereocenters. The molecule has 106 valence electrons. The molecule has 1 rings (SSSR count). The van der Waals surface area contributed by atoms with E-state index in [0.717, 1.165) is 0 Å². The zero-order valence-electron chi connectivity index (χ0n) is 10.8. The number of nitrogens with one attached hydrogen (secondary N) is 1. The molecule has 5 nitrogen and oxygen atoms in total. The molecular formula is C14H15FN2O3. The van der Waals surface area contributed by atoms with Crippen molar-refractivity contribution >= 4 is 17.6 Å². The van der Waals surface area contributed by atoms with Gasteiger partial charge in [-0.05, 0) is 12.1 Å². The molecule has 2 N–H and O–H groups in total. The first-order valence-corrected chi connectivity index (χ1v) is 5.95. The van der Waals surface area contributed by atoms with Crippen LogP contribution in [-0.4, -0.2) is 41.5 Å². The highest BCUT2D eigenvalue weighted by atomic mass is 19.1. The Bertz CT molecular complexity index is 525. The van der Waals surface area contributed by atoms with Crippen molar-refractivity contribution in [2.45, 2.75) is 6.42 Å². The van der Waals surface area contributed by atoms with Crippen molar-refractivity contribution < 1.29 is 19.1 Å². The molecule has 0 aliphatic rings. The van der Waals surface area contributed by atoms with E-state index in [1.165, 1.54) is 23.1 Å². The first kappa shape index (κ1) is 15.7. The quantitative estimate of drug-likeness (QED) is 0.735. The van der Waals surface area contributed by atoms with Gasteiger partial charge in [0.05, 0.1) is 18.8 Å². The van der Waals surface area contributed by atoms with Gasteiger partial charge in [-0.15, -0.1) is 6.42 Å². The number of benzene rings is 1. The average Bonchev–Trinajstić information content (AvgIpc) is 2.38. The predicted octanol–water partition coefficient (Wildman–Crippen LogP) is 1.17. The second kappa shape index (κ2) is 7.92. The number of aliphatic carboxylic acids is 1. The van der Waals surface area contributed by atoms with Gasteiger partial charge in [0.1, 0.15) is 5.82 Å². The van der Waals surface area contributed by atoms with Gasteiger partial charge in [-0.1, -0.05) is 18.1 Å². The second-order valence-electron chi connectivity index (χ2n) is 4.09. The normalized spacial score (nSPS) is 10.1. The number of para-hydroxylation sites is 1. The van der Waals surface area contributed by atoms with Gasteiger partial charge in [0, 0.05) is 13.0 Å². The molecule has 0 saturated heterocycles. The zero-order chi connectivity index (χ0) is 15.0. The van der Waals surface area contributed by atoms with Crippen LogP contribution in [0.15, 0.2) is 24.3 Å². The molecule has 0 heterocycles. The van der Waals surface area contributed by atoms with Gasteiger partial charge < -0.3 is 10.4 Å². The summed E-state index contributed by atoms with van der Waals surface area (Å²) < 4.78 is 13.3. The maximum absolute atomic E-state index is 13.3. The minimum absolute atomic E-state index is 0.0310. The van der Waals surface area contributed by atoms with Gasteiger partial charge in [-0.25, -0.2) is 4.39 Å². The molecule has 0 saturated carbocycles. The number of rotatable bonds is 7. The molecule has 1 aromatic carbocycles. The van der Waals surface area contributed by atoms with Crippen LogP contribution in [0.5, 0.6) is 0 Å². The Balaban J connectivity index is 2.48. The Labute approximate surface area is 116 Å². The summed E-state index contributed by atoms with van der Waals surface area (Å²) in [5, 5.41) is 11.1. The van der Waals surface area contributed by atoms with Crippen molar-refractivity contribution in [2.75, 3.05) is 25.0 Å². The van der Waals surface area contributed by atoms with Gasteiger partial charge in [0.2, 0.25) is 5.91 Å². The lowest BCUT2D eigenvalue weighted by Crippen LogP contribution is -2.33. The first-order valence-electron chi connectivity index (χ1n) is 5.95. The number of terminal acetylenes is 1. The molecule has 0 spiro atoms. The summed E-state index contributed by atoms with van der Waals surface area (Å²) in [4.78, 5) is 23.7. The highest BCUT2D eigenvalue weighted by Crippen LogP contribution is 2.12. The lowest BCUT2D eigenvalue weighted by atomic mass is 10.3. The maximum Gasteiger partial charge on any atom is 0.317 e. The van der Waals surface area contributed by atoms with E-state index in [1.54, 1.807) is 6.07 Å². The van der Waals surface area contributed by atoms with Crippen molar-refractivity contribution in [3.8, 4) is 12.3 Å². The van der Waals surface area contributed by atoms with E-state index in [1.807, 2.05) is 0 Å². The molecule has 0 aromatic heterocycles. The Morgan fingerprint density at radius 3 is 2.70 bits per heavy atom. The topological polar surface area (TPSA) is 69.6 Å².